The Hall–Kier alpha value is -7.80. The maximum absolute atomic E-state index is 4.02. The second kappa shape index (κ2) is 14.6. The van der Waals surface area contributed by atoms with E-state index in [9.17, 15) is 0 Å². The highest BCUT2D eigenvalue weighted by Gasteiger charge is 2.60. The number of rotatable bonds is 6. The first-order valence-corrected chi connectivity index (χ1v) is 23.5. The number of para-hydroxylation sites is 3. The summed E-state index contributed by atoms with van der Waals surface area (Å²) >= 11 is 0. The molecule has 10 aromatic rings. The fraction of sp³-hybridized carbons (Fsp3) is 0.0968. The van der Waals surface area contributed by atoms with Gasteiger partial charge in [0.25, 0.3) is 0 Å². The Morgan fingerprint density at radius 3 is 1.84 bits per heavy atom. The monoisotopic (exact) mass is 861 g/mol. The van der Waals surface area contributed by atoms with Crippen molar-refractivity contribution in [1.29, 1.82) is 0 Å². The first-order chi connectivity index (χ1) is 33.0. The minimum atomic E-state index is -0.120. The number of fused-ring (bicyclic) bond motifs is 11. The van der Waals surface area contributed by atoms with Crippen LogP contribution in [0.1, 0.15) is 60.2 Å². The SMILES string of the molecule is CC1(C)c2ccccc2-c2ccc(-n3c4c(c5ccccc53)-c3ccccc3N(c3cccc([C@@H]5N6C(c7ccccc7)NC(c7cccc(-c8ccccc8)c7)N56)c3)c3ccccc3-4)cc21. The summed E-state index contributed by atoms with van der Waals surface area (Å²) < 4.78 is 2.54. The van der Waals surface area contributed by atoms with Gasteiger partial charge in [0.15, 0.2) is 0 Å². The first kappa shape index (κ1) is 38.5. The van der Waals surface area contributed by atoms with E-state index in [2.05, 4.69) is 263 Å². The molecule has 9 aromatic carbocycles. The highest BCUT2D eigenvalue weighted by Crippen LogP contribution is 2.59. The molecule has 1 aromatic heterocycles. The Morgan fingerprint density at radius 1 is 0.418 bits per heavy atom. The molecule has 5 nitrogen and oxygen atoms in total. The Morgan fingerprint density at radius 2 is 1.01 bits per heavy atom. The van der Waals surface area contributed by atoms with E-state index in [-0.39, 0.29) is 23.9 Å². The van der Waals surface area contributed by atoms with Gasteiger partial charge in [-0.3, -0.25) is 5.32 Å². The van der Waals surface area contributed by atoms with E-state index >= 15 is 0 Å². The van der Waals surface area contributed by atoms with Gasteiger partial charge in [0.2, 0.25) is 0 Å². The molecule has 0 saturated carbocycles. The third-order valence-corrected chi connectivity index (χ3v) is 14.9. The molecule has 14 rings (SSSR count). The first-order valence-electron chi connectivity index (χ1n) is 23.5. The van der Waals surface area contributed by atoms with E-state index in [0.29, 0.717) is 0 Å². The highest BCUT2D eigenvalue weighted by atomic mass is 15.9. The molecule has 4 heterocycles. The van der Waals surface area contributed by atoms with Gasteiger partial charge in [0, 0.05) is 38.9 Å². The van der Waals surface area contributed by atoms with Crippen LogP contribution in [0.3, 0.4) is 0 Å². The zero-order chi connectivity index (χ0) is 44.4. The molecule has 0 radical (unpaired) electrons. The summed E-state index contributed by atoms with van der Waals surface area (Å²) in [6, 6.07) is 83.0. The molecule has 3 aliphatic heterocycles. The van der Waals surface area contributed by atoms with Gasteiger partial charge in [0.05, 0.1) is 22.6 Å². The average molecular weight is 862 g/mol. The molecule has 4 aliphatic rings. The van der Waals surface area contributed by atoms with Crippen molar-refractivity contribution in [3.05, 3.63) is 252 Å². The largest absolute Gasteiger partial charge is 0.309 e. The number of hydrazine groups is 1. The van der Waals surface area contributed by atoms with Gasteiger partial charge in [0.1, 0.15) is 18.5 Å². The molecule has 0 spiro atoms. The van der Waals surface area contributed by atoms with Crippen molar-refractivity contribution in [3.63, 3.8) is 0 Å². The molecule has 4 unspecified atom stereocenters. The van der Waals surface area contributed by atoms with Crippen LogP contribution in [0.25, 0.3) is 61.2 Å². The van der Waals surface area contributed by atoms with E-state index < -0.39 is 0 Å². The van der Waals surface area contributed by atoms with Gasteiger partial charge in [-0.05, 0) is 98.6 Å². The molecule has 1 aliphatic carbocycles. The smallest absolute Gasteiger partial charge is 0.119 e. The second-order valence-corrected chi connectivity index (χ2v) is 18.9. The third-order valence-electron chi connectivity index (χ3n) is 14.9. The Bertz CT molecular complexity index is 3590. The van der Waals surface area contributed by atoms with E-state index in [4.69, 9.17) is 0 Å². The molecular formula is C62H47N5. The third kappa shape index (κ3) is 5.72. The summed E-state index contributed by atoms with van der Waals surface area (Å²) in [6.45, 7) is 4.75. The van der Waals surface area contributed by atoms with E-state index in [1.165, 1.54) is 89.0 Å². The summed E-state index contributed by atoms with van der Waals surface area (Å²) in [5.41, 5.74) is 22.2. The van der Waals surface area contributed by atoms with Crippen molar-refractivity contribution in [1.82, 2.24) is 19.9 Å². The van der Waals surface area contributed by atoms with Crippen LogP contribution in [-0.2, 0) is 5.41 Å². The quantitative estimate of drug-likeness (QED) is 0.169. The summed E-state index contributed by atoms with van der Waals surface area (Å²) in [6.07, 6.45) is 0.103. The predicted octanol–water partition coefficient (Wildman–Crippen LogP) is 15.3. The van der Waals surface area contributed by atoms with Crippen molar-refractivity contribution < 1.29 is 0 Å². The van der Waals surface area contributed by atoms with Crippen LogP contribution in [0.5, 0.6) is 0 Å². The normalized spacial score (nSPS) is 20.3. The van der Waals surface area contributed by atoms with Gasteiger partial charge in [-0.1, -0.05) is 190 Å². The molecule has 2 saturated heterocycles. The molecule has 67 heavy (non-hydrogen) atoms. The van der Waals surface area contributed by atoms with Gasteiger partial charge < -0.3 is 9.47 Å². The average Bonchev–Trinajstić information content (AvgIpc) is 3.78. The van der Waals surface area contributed by atoms with Crippen LogP contribution in [0, 0.1) is 0 Å². The van der Waals surface area contributed by atoms with Gasteiger partial charge in [-0.15, -0.1) is 0 Å². The van der Waals surface area contributed by atoms with Crippen LogP contribution in [0.2, 0.25) is 0 Å². The number of benzene rings is 9. The summed E-state index contributed by atoms with van der Waals surface area (Å²) in [5, 5.41) is 10.3. The van der Waals surface area contributed by atoms with E-state index in [1.807, 2.05) is 0 Å². The van der Waals surface area contributed by atoms with Crippen LogP contribution < -0.4 is 10.2 Å². The fourth-order valence-corrected chi connectivity index (χ4v) is 11.9. The molecule has 5 heteroatoms. The lowest BCUT2D eigenvalue weighted by Gasteiger charge is -2.28. The number of hydrogen-bond donors (Lipinski definition) is 1. The van der Waals surface area contributed by atoms with Gasteiger partial charge in [-0.2, -0.15) is 10.0 Å². The zero-order valence-corrected chi connectivity index (χ0v) is 37.4. The second-order valence-electron chi connectivity index (χ2n) is 18.9. The Labute approximate surface area is 391 Å². The lowest BCUT2D eigenvalue weighted by atomic mass is 9.82. The van der Waals surface area contributed by atoms with Crippen LogP contribution in [0.4, 0.5) is 17.1 Å². The molecule has 320 valence electrons. The predicted molar refractivity (Wildman–Crippen MR) is 273 cm³/mol. The number of nitrogens with zero attached hydrogens (tertiary/aromatic N) is 4. The standard InChI is InChI=1S/C62H47N5/c1-62(2)52-31-13-9-27-47(52)48-36-35-46(39-53(48)62)65-55-33-15-11-29-50(55)57-49-28-10-14-32-54(49)64(56-34-16-12-30-51(56)58(57)65)45-26-18-25-44(38-45)61-66-59(41-21-7-4-8-22-41)63-60(67(61)66)43-24-17-23-42(37-43)40-19-5-3-6-20-40/h3-39,59-61,63H,1-2H3/t59?,60?,61-,66?,67?/m1/s1. The zero-order valence-electron chi connectivity index (χ0n) is 37.4. The number of nitrogens with one attached hydrogen (secondary N) is 1. The summed E-state index contributed by atoms with van der Waals surface area (Å²) in [5.74, 6) is 0. The van der Waals surface area contributed by atoms with E-state index in [0.717, 1.165) is 17.1 Å². The molecule has 2 fully saturated rings. The van der Waals surface area contributed by atoms with Crippen molar-refractivity contribution in [2.24, 2.45) is 0 Å². The topological polar surface area (TPSA) is 26.2 Å². The summed E-state index contributed by atoms with van der Waals surface area (Å²) in [4.78, 5) is 2.51. The Balaban J connectivity index is 0.913. The Kier molecular flexibility index (Phi) is 8.38. The number of hydrogen-bond acceptors (Lipinski definition) is 4. The van der Waals surface area contributed by atoms with Crippen molar-refractivity contribution in [2.75, 3.05) is 4.90 Å². The van der Waals surface area contributed by atoms with Crippen molar-refractivity contribution in [2.45, 2.75) is 37.8 Å². The van der Waals surface area contributed by atoms with Crippen molar-refractivity contribution in [3.8, 4) is 50.3 Å². The summed E-state index contributed by atoms with van der Waals surface area (Å²) in [7, 11) is 0. The minimum Gasteiger partial charge on any atom is -0.309 e. The highest BCUT2D eigenvalue weighted by molar-refractivity contribution is 6.13. The molecule has 1 N–H and O–H groups in total. The van der Waals surface area contributed by atoms with Gasteiger partial charge >= 0.3 is 0 Å². The van der Waals surface area contributed by atoms with Crippen LogP contribution in [-0.4, -0.2) is 14.6 Å². The molecule has 0 amide bonds. The van der Waals surface area contributed by atoms with Crippen LogP contribution >= 0.6 is 0 Å². The molecule has 0 bridgehead atoms. The lowest BCUT2D eigenvalue weighted by Crippen LogP contribution is -2.27. The molecular weight excluding hydrogens is 815 g/mol. The fourth-order valence-electron chi connectivity index (χ4n) is 11.9. The maximum atomic E-state index is 4.02. The number of aromatic nitrogens is 1. The van der Waals surface area contributed by atoms with Gasteiger partial charge in [-0.25, -0.2) is 0 Å². The van der Waals surface area contributed by atoms with Crippen molar-refractivity contribution >= 4 is 28.0 Å². The van der Waals surface area contributed by atoms with E-state index in [1.54, 1.807) is 0 Å². The minimum absolute atomic E-state index is 0.000604. The molecule has 5 atom stereocenters. The maximum Gasteiger partial charge on any atom is 0.119 e. The van der Waals surface area contributed by atoms with Crippen LogP contribution in [0.15, 0.2) is 224 Å². The lowest BCUT2D eigenvalue weighted by molar-refractivity contribution is 0.314. The number of anilines is 3.